The molecule has 0 aliphatic heterocycles. The van der Waals surface area contributed by atoms with Gasteiger partial charge in [-0.25, -0.2) is 4.39 Å². The van der Waals surface area contributed by atoms with Gasteiger partial charge in [-0.2, -0.15) is 0 Å². The summed E-state index contributed by atoms with van der Waals surface area (Å²) in [7, 11) is 0. The summed E-state index contributed by atoms with van der Waals surface area (Å²) in [6, 6.07) is 4.75. The molecule has 1 unspecified atom stereocenters. The Morgan fingerprint density at radius 1 is 1.62 bits per heavy atom. The number of hydrogen-bond donors (Lipinski definition) is 0. The molecule has 1 aliphatic carbocycles. The fourth-order valence-electron chi connectivity index (χ4n) is 2.29. The number of benzene rings is 1. The molecular weight excluding hydrogens is 227 g/mol. The van der Waals surface area contributed by atoms with Crippen molar-refractivity contribution in [2.24, 2.45) is 0 Å². The third-order valence-electron chi connectivity index (χ3n) is 3.05. The molecule has 1 nitrogen and oxygen atoms in total. The van der Waals surface area contributed by atoms with Gasteiger partial charge in [0.2, 0.25) is 5.24 Å². The van der Waals surface area contributed by atoms with Crippen LogP contribution in [0.4, 0.5) is 4.39 Å². The van der Waals surface area contributed by atoms with E-state index >= 15 is 0 Å². The van der Waals surface area contributed by atoms with Crippen molar-refractivity contribution in [3.8, 4) is 0 Å². The first-order valence-corrected chi connectivity index (χ1v) is 5.69. The topological polar surface area (TPSA) is 17.1 Å². The highest BCUT2D eigenvalue weighted by atomic mass is 35.5. The predicted molar refractivity (Wildman–Crippen MR) is 62.9 cm³/mol. The van der Waals surface area contributed by atoms with Crippen LogP contribution >= 0.6 is 11.6 Å². The van der Waals surface area contributed by atoms with Gasteiger partial charge in [-0.05, 0) is 59.2 Å². The molecule has 1 aromatic rings. The standard InChI is InChI=1S/C13H12ClFO/c1-2-8-5-9(6-13(14)16)12-7-10(15)3-4-11(8)12/h3-4,6-8H,2,5H2,1H3/b9-6+. The van der Waals surface area contributed by atoms with E-state index in [1.165, 1.54) is 18.2 Å². The van der Waals surface area contributed by atoms with Gasteiger partial charge in [-0.15, -0.1) is 0 Å². The predicted octanol–water partition coefficient (Wildman–Crippen LogP) is 3.87. The second-order valence-electron chi connectivity index (χ2n) is 4.01. The van der Waals surface area contributed by atoms with Crippen LogP contribution in [0.2, 0.25) is 0 Å². The molecule has 1 atom stereocenters. The van der Waals surface area contributed by atoms with E-state index in [0.717, 1.165) is 29.5 Å². The summed E-state index contributed by atoms with van der Waals surface area (Å²) in [5.74, 6) is 0.0984. The minimum Gasteiger partial charge on any atom is -0.276 e. The first-order chi connectivity index (χ1) is 7.61. The van der Waals surface area contributed by atoms with Crippen LogP contribution in [-0.2, 0) is 4.79 Å². The van der Waals surface area contributed by atoms with Gasteiger partial charge in [0.25, 0.3) is 0 Å². The second-order valence-corrected chi connectivity index (χ2v) is 4.39. The van der Waals surface area contributed by atoms with Crippen molar-refractivity contribution in [1.82, 2.24) is 0 Å². The molecule has 2 rings (SSSR count). The van der Waals surface area contributed by atoms with E-state index in [0.29, 0.717) is 5.92 Å². The number of carbonyl (C=O) groups is 1. The van der Waals surface area contributed by atoms with Gasteiger partial charge in [0.15, 0.2) is 0 Å². The Bertz CT molecular complexity index is 465. The average molecular weight is 239 g/mol. The van der Waals surface area contributed by atoms with Crippen molar-refractivity contribution in [3.05, 3.63) is 41.2 Å². The van der Waals surface area contributed by atoms with Crippen molar-refractivity contribution in [1.29, 1.82) is 0 Å². The molecule has 84 valence electrons. The highest BCUT2D eigenvalue weighted by Gasteiger charge is 2.25. The number of hydrogen-bond acceptors (Lipinski definition) is 1. The summed E-state index contributed by atoms with van der Waals surface area (Å²) >= 11 is 5.35. The van der Waals surface area contributed by atoms with Crippen molar-refractivity contribution in [2.75, 3.05) is 0 Å². The lowest BCUT2D eigenvalue weighted by Crippen LogP contribution is -1.90. The zero-order valence-corrected chi connectivity index (χ0v) is 9.72. The average Bonchev–Trinajstić information content (AvgIpc) is 2.55. The zero-order chi connectivity index (χ0) is 11.7. The zero-order valence-electron chi connectivity index (χ0n) is 8.97. The Labute approximate surface area is 98.9 Å². The van der Waals surface area contributed by atoms with Crippen LogP contribution in [0.25, 0.3) is 5.57 Å². The highest BCUT2D eigenvalue weighted by Crippen LogP contribution is 2.42. The Morgan fingerprint density at radius 3 is 3.00 bits per heavy atom. The van der Waals surface area contributed by atoms with Crippen molar-refractivity contribution >= 4 is 22.4 Å². The molecule has 0 amide bonds. The van der Waals surface area contributed by atoms with E-state index in [2.05, 4.69) is 6.92 Å². The lowest BCUT2D eigenvalue weighted by Gasteiger charge is -2.06. The molecule has 0 spiro atoms. The Balaban J connectivity index is 2.51. The minimum absolute atomic E-state index is 0.275. The largest absolute Gasteiger partial charge is 0.276 e. The van der Waals surface area contributed by atoms with Gasteiger partial charge in [-0.3, -0.25) is 4.79 Å². The SMILES string of the molecule is CCC1C/C(=C\C(=O)Cl)c2cc(F)ccc21. The van der Waals surface area contributed by atoms with Crippen molar-refractivity contribution < 1.29 is 9.18 Å². The summed E-state index contributed by atoms with van der Waals surface area (Å²) in [6.07, 6.45) is 3.15. The van der Waals surface area contributed by atoms with E-state index in [4.69, 9.17) is 11.6 Å². The molecule has 3 heteroatoms. The maximum Gasteiger partial charge on any atom is 0.245 e. The summed E-state index contributed by atoms with van der Waals surface area (Å²) in [6.45, 7) is 2.09. The van der Waals surface area contributed by atoms with Gasteiger partial charge in [0.05, 0.1) is 0 Å². The lowest BCUT2D eigenvalue weighted by molar-refractivity contribution is -0.107. The maximum atomic E-state index is 13.2. The second kappa shape index (κ2) is 4.38. The smallest absolute Gasteiger partial charge is 0.245 e. The third-order valence-corrected chi connectivity index (χ3v) is 3.16. The van der Waals surface area contributed by atoms with Crippen LogP contribution in [0.15, 0.2) is 24.3 Å². The van der Waals surface area contributed by atoms with Gasteiger partial charge in [0, 0.05) is 6.08 Å². The summed E-state index contributed by atoms with van der Waals surface area (Å²) in [4.78, 5) is 10.9. The molecule has 1 aliphatic rings. The minimum atomic E-state index is -0.498. The van der Waals surface area contributed by atoms with Crippen molar-refractivity contribution in [2.45, 2.75) is 25.7 Å². The third kappa shape index (κ3) is 2.03. The Morgan fingerprint density at radius 2 is 2.38 bits per heavy atom. The molecule has 0 radical (unpaired) electrons. The van der Waals surface area contributed by atoms with E-state index in [-0.39, 0.29) is 5.82 Å². The van der Waals surface area contributed by atoms with Crippen LogP contribution in [0.5, 0.6) is 0 Å². The first-order valence-electron chi connectivity index (χ1n) is 5.31. The number of halogens is 2. The van der Waals surface area contributed by atoms with E-state index in [9.17, 15) is 9.18 Å². The molecule has 0 saturated heterocycles. The van der Waals surface area contributed by atoms with Crippen LogP contribution in [0.1, 0.15) is 36.8 Å². The molecule has 0 aromatic heterocycles. The number of allylic oxidation sites excluding steroid dienone is 2. The summed E-state index contributed by atoms with van der Waals surface area (Å²) < 4.78 is 13.2. The van der Waals surface area contributed by atoms with Gasteiger partial charge >= 0.3 is 0 Å². The fraction of sp³-hybridized carbons (Fsp3) is 0.308. The monoisotopic (exact) mass is 238 g/mol. The highest BCUT2D eigenvalue weighted by molar-refractivity contribution is 6.67. The van der Waals surface area contributed by atoms with Crippen LogP contribution in [0, 0.1) is 5.82 Å². The molecule has 0 bridgehead atoms. The maximum absolute atomic E-state index is 13.2. The molecule has 0 N–H and O–H groups in total. The van der Waals surface area contributed by atoms with Crippen molar-refractivity contribution in [3.63, 3.8) is 0 Å². The molecule has 1 aromatic carbocycles. The molecule has 0 heterocycles. The first kappa shape index (κ1) is 11.3. The van der Waals surface area contributed by atoms with Gasteiger partial charge in [-0.1, -0.05) is 13.0 Å². The molecule has 0 fully saturated rings. The summed E-state index contributed by atoms with van der Waals surface area (Å²) in [5, 5.41) is -0.498. The Hall–Kier alpha value is -1.15. The normalized spacial score (nSPS) is 21.2. The molecular formula is C13H12ClFO. The van der Waals surface area contributed by atoms with Gasteiger partial charge in [0.1, 0.15) is 5.82 Å². The summed E-state index contributed by atoms with van der Waals surface area (Å²) in [5.41, 5.74) is 2.80. The number of fused-ring (bicyclic) bond motifs is 1. The fourth-order valence-corrected chi connectivity index (χ4v) is 2.42. The molecule has 0 saturated carbocycles. The van der Waals surface area contributed by atoms with Crippen LogP contribution in [-0.4, -0.2) is 5.24 Å². The lowest BCUT2D eigenvalue weighted by atomic mass is 9.99. The number of rotatable bonds is 2. The van der Waals surface area contributed by atoms with Crippen LogP contribution in [0.3, 0.4) is 0 Å². The van der Waals surface area contributed by atoms with E-state index in [1.807, 2.05) is 0 Å². The van der Waals surface area contributed by atoms with E-state index < -0.39 is 5.24 Å². The van der Waals surface area contributed by atoms with E-state index in [1.54, 1.807) is 6.07 Å². The molecule has 16 heavy (non-hydrogen) atoms. The number of carbonyl (C=O) groups excluding carboxylic acids is 1. The van der Waals surface area contributed by atoms with Gasteiger partial charge < -0.3 is 0 Å². The Kier molecular flexibility index (Phi) is 3.10. The quantitative estimate of drug-likeness (QED) is 0.565. The van der Waals surface area contributed by atoms with Crippen LogP contribution < -0.4 is 0 Å².